The molecule has 0 bridgehead atoms. The molecule has 0 rings (SSSR count). The van der Waals surface area contributed by atoms with Crippen molar-refractivity contribution < 1.29 is 0 Å². The van der Waals surface area contributed by atoms with Gasteiger partial charge in [-0.25, -0.2) is 0 Å². The Kier molecular flexibility index (Phi) is 0. The van der Waals surface area contributed by atoms with Crippen LogP contribution in [0.5, 0.6) is 0 Å². The lowest BCUT2D eigenvalue weighted by molar-refractivity contribution is 1.50. The zero-order valence-electron chi connectivity index (χ0n) is 18.0. The van der Waals surface area contributed by atoms with E-state index in [1.165, 1.54) is 0 Å². The Morgan fingerprint density at radius 3 is 0.125 bits per heavy atom. The first-order valence-corrected chi connectivity index (χ1v) is 9.00. The largest absolute Gasteiger partial charge is 0.0776 e. The summed E-state index contributed by atoms with van der Waals surface area (Å²) in [7, 11) is 0. The third kappa shape index (κ3) is 0. The predicted molar refractivity (Wildman–Crippen MR) is 143 cm³/mol. The maximum atomic E-state index is 2.00. The van der Waals surface area contributed by atoms with E-state index in [-0.39, 0.29) is 44.6 Å². The minimum absolute atomic E-state index is 0. The molecular weight excluding hydrogens is 288 g/mol. The Morgan fingerprint density at radius 1 is 0.125 bits per heavy atom. The second kappa shape index (κ2) is 0. The minimum atomic E-state index is 0. The maximum Gasteiger partial charge on any atom is -0.0683 e. The molecule has 0 aromatic rings. The summed E-state index contributed by atoms with van der Waals surface area (Å²) in [5, 5.41) is 0. The first-order valence-electron chi connectivity index (χ1n) is 9.00. The van der Waals surface area contributed by atoms with Gasteiger partial charge in [0, 0.05) is 0 Å². The number of hydrogen-bond acceptors (Lipinski definition) is 0. The van der Waals surface area contributed by atoms with E-state index in [9.17, 15) is 0 Å². The molecule has 0 saturated carbocycles. The van der Waals surface area contributed by atoms with Crippen molar-refractivity contribution in [1.29, 1.82) is 0 Å². The molecule has 0 aromatic heterocycles. The summed E-state index contributed by atoms with van der Waals surface area (Å²) in [6.07, 6.45) is 0. The van der Waals surface area contributed by atoms with Gasteiger partial charge in [-0.2, -0.15) is 0 Å². The fourth-order valence-corrected chi connectivity index (χ4v) is 0. The summed E-state index contributed by atoms with van der Waals surface area (Å²) in [6.45, 7) is 36.0. The monoisotopic (exact) mass is 367 g/mol. The molecule has 0 N–H and O–H groups in total. The van der Waals surface area contributed by atoms with Crippen molar-refractivity contribution in [3.63, 3.8) is 0 Å². The molecule has 0 aliphatic rings. The van der Waals surface area contributed by atoms with Crippen LogP contribution in [0.2, 0.25) is 0 Å². The predicted octanol–water partition coefficient (Wildman–Crippen LogP) is 13.1. The highest BCUT2D eigenvalue weighted by molar-refractivity contribution is 3.52. The Hall–Kier alpha value is 0. The summed E-state index contributed by atoms with van der Waals surface area (Å²) in [6, 6.07) is 0. The molecule has 24 heavy (non-hydrogen) atoms. The first-order chi connectivity index (χ1) is 9.00. The highest BCUT2D eigenvalue weighted by Gasteiger charge is 0.948. The molecule has 0 fully saturated rings. The highest BCUT2D eigenvalue weighted by atomic mass is 13.0. The van der Waals surface area contributed by atoms with Gasteiger partial charge in [-0.3, -0.25) is 0 Å². The molecule has 0 heteroatoms. The summed E-state index contributed by atoms with van der Waals surface area (Å²) in [5.74, 6) is 0. The zero-order chi connectivity index (χ0) is 18.0. The van der Waals surface area contributed by atoms with E-state index < -0.39 is 0 Å². The van der Waals surface area contributed by atoms with E-state index in [1.54, 1.807) is 0 Å². The average molecular weight is 367 g/mol. The van der Waals surface area contributed by atoms with Gasteiger partial charge in [-0.15, -0.1) is 0 Å². The lowest BCUT2D eigenvalue weighted by atomic mass is 11.0. The van der Waals surface area contributed by atoms with E-state index >= 15 is 0 Å². The fraction of sp³-hybridized carbons (Fsp3) is 1.00. The molecule has 0 saturated heterocycles. The molecule has 0 atom stereocenters. The van der Waals surface area contributed by atoms with Crippen molar-refractivity contribution in [2.75, 3.05) is 0 Å². The van der Waals surface area contributed by atoms with Crippen LogP contribution in [0.15, 0.2) is 0 Å². The van der Waals surface area contributed by atoms with Gasteiger partial charge in [0.05, 0.1) is 0 Å². The SMILES string of the molecule is C.C.C.C.C.C.CC.CC.CC.CC.CC.CC.CC.CC.CC. The Bertz CT molecular complexity index is 0. The van der Waals surface area contributed by atoms with Crippen molar-refractivity contribution >= 4 is 0 Å². The van der Waals surface area contributed by atoms with Crippen molar-refractivity contribution in [1.82, 2.24) is 0 Å². The van der Waals surface area contributed by atoms with Crippen LogP contribution in [0.1, 0.15) is 169 Å². The molecule has 0 radical (unpaired) electrons. The summed E-state index contributed by atoms with van der Waals surface area (Å²) < 4.78 is 0. The van der Waals surface area contributed by atoms with E-state index in [1.807, 2.05) is 125 Å². The summed E-state index contributed by atoms with van der Waals surface area (Å²) in [4.78, 5) is 0. The molecule has 0 aromatic carbocycles. The molecule has 0 amide bonds. The van der Waals surface area contributed by atoms with Gasteiger partial charge in [-0.1, -0.05) is 169 Å². The van der Waals surface area contributed by atoms with E-state index in [0.717, 1.165) is 0 Å². The summed E-state index contributed by atoms with van der Waals surface area (Å²) >= 11 is 0. The fourth-order valence-electron chi connectivity index (χ4n) is 0. The molecule has 0 nitrogen and oxygen atoms in total. The molecule has 0 heterocycles. The van der Waals surface area contributed by atoms with Crippen LogP contribution >= 0.6 is 0 Å². The number of hydrogen-bond donors (Lipinski definition) is 0. The smallest absolute Gasteiger partial charge is 0.0683 e. The van der Waals surface area contributed by atoms with E-state index in [4.69, 9.17) is 0 Å². The van der Waals surface area contributed by atoms with Gasteiger partial charge in [-0.05, 0) is 0 Å². The van der Waals surface area contributed by atoms with Gasteiger partial charge in [0.25, 0.3) is 0 Å². The minimum Gasteiger partial charge on any atom is -0.0776 e. The van der Waals surface area contributed by atoms with Crippen LogP contribution in [-0.2, 0) is 0 Å². The van der Waals surface area contributed by atoms with Crippen LogP contribution in [-0.4, -0.2) is 0 Å². The third-order valence-electron chi connectivity index (χ3n) is 0. The molecule has 0 unspecified atom stereocenters. The van der Waals surface area contributed by atoms with Gasteiger partial charge >= 0.3 is 0 Å². The Balaban J connectivity index is -0.00000000283. The standard InChI is InChI=1S/9C2H6.6CH4/c9*1-2;;;;;;/h9*1-2H3;6*1H4. The molecule has 174 valence electrons. The second-order valence-corrected chi connectivity index (χ2v) is 0. The van der Waals surface area contributed by atoms with Crippen LogP contribution in [0.4, 0.5) is 0 Å². The van der Waals surface area contributed by atoms with E-state index in [0.29, 0.717) is 0 Å². The second-order valence-electron chi connectivity index (χ2n) is 0. The first kappa shape index (κ1) is 157. The number of rotatable bonds is 0. The third-order valence-corrected chi connectivity index (χ3v) is 0. The van der Waals surface area contributed by atoms with E-state index in [2.05, 4.69) is 0 Å². The highest BCUT2D eigenvalue weighted by Crippen LogP contribution is 1.16. The van der Waals surface area contributed by atoms with Crippen molar-refractivity contribution in [2.24, 2.45) is 0 Å². The topological polar surface area (TPSA) is 0 Å². The molecule has 0 aliphatic heterocycles. The lowest BCUT2D eigenvalue weighted by Crippen LogP contribution is -0.856. The van der Waals surface area contributed by atoms with Crippen LogP contribution in [0.25, 0.3) is 0 Å². The molecule has 0 spiro atoms. The average Bonchev–Trinajstić information content (AvgIpc) is 2.63. The Labute approximate surface area is 169 Å². The molecular formula is C24H78. The zero-order valence-corrected chi connectivity index (χ0v) is 18.0. The lowest BCUT2D eigenvalue weighted by Gasteiger charge is -1.07. The Morgan fingerprint density at radius 2 is 0.125 bits per heavy atom. The normalized spacial score (nSPS) is 2.25. The van der Waals surface area contributed by atoms with Crippen molar-refractivity contribution in [2.45, 2.75) is 169 Å². The van der Waals surface area contributed by atoms with Gasteiger partial charge < -0.3 is 0 Å². The van der Waals surface area contributed by atoms with Crippen molar-refractivity contribution in [3.05, 3.63) is 0 Å². The van der Waals surface area contributed by atoms with Gasteiger partial charge in [0.1, 0.15) is 0 Å². The quantitative estimate of drug-likeness (QED) is 0.399. The molecule has 0 aliphatic carbocycles. The van der Waals surface area contributed by atoms with Gasteiger partial charge in [0.15, 0.2) is 0 Å². The maximum absolute atomic E-state index is 2.00. The van der Waals surface area contributed by atoms with Crippen LogP contribution in [0, 0.1) is 0 Å². The van der Waals surface area contributed by atoms with Crippen LogP contribution in [0.3, 0.4) is 0 Å². The van der Waals surface area contributed by atoms with Crippen molar-refractivity contribution in [3.8, 4) is 0 Å². The summed E-state index contributed by atoms with van der Waals surface area (Å²) in [5.41, 5.74) is 0. The van der Waals surface area contributed by atoms with Crippen LogP contribution < -0.4 is 0 Å². The van der Waals surface area contributed by atoms with Gasteiger partial charge in [0.2, 0.25) is 0 Å².